The lowest BCUT2D eigenvalue weighted by Crippen LogP contribution is -2.04. The van der Waals surface area contributed by atoms with E-state index in [1.54, 1.807) is 12.1 Å². The molecule has 4 heteroatoms. The molecule has 0 amide bonds. The average molecular weight is 227 g/mol. The lowest BCUT2D eigenvalue weighted by molar-refractivity contribution is -0.0498. The SMILES string of the molecule is C=C(CC)CNc1ccc(OC(F)F)cc1. The fourth-order valence-corrected chi connectivity index (χ4v) is 1.11. The van der Waals surface area contributed by atoms with E-state index in [1.165, 1.54) is 12.1 Å². The van der Waals surface area contributed by atoms with Crippen LogP contribution in [0.1, 0.15) is 13.3 Å². The molecule has 0 saturated carbocycles. The number of rotatable bonds is 6. The van der Waals surface area contributed by atoms with Crippen LogP contribution in [0.2, 0.25) is 0 Å². The zero-order valence-electron chi connectivity index (χ0n) is 9.17. The van der Waals surface area contributed by atoms with E-state index in [-0.39, 0.29) is 5.75 Å². The first kappa shape index (κ1) is 12.5. The Morgan fingerprint density at radius 1 is 1.38 bits per heavy atom. The van der Waals surface area contributed by atoms with Crippen molar-refractivity contribution in [2.45, 2.75) is 20.0 Å². The Kier molecular flexibility index (Phi) is 4.76. The maximum atomic E-state index is 11.9. The van der Waals surface area contributed by atoms with Crippen molar-refractivity contribution < 1.29 is 13.5 Å². The highest BCUT2D eigenvalue weighted by molar-refractivity contribution is 5.47. The molecule has 0 aliphatic rings. The summed E-state index contributed by atoms with van der Waals surface area (Å²) >= 11 is 0. The van der Waals surface area contributed by atoms with E-state index in [0.29, 0.717) is 6.54 Å². The van der Waals surface area contributed by atoms with Crippen LogP contribution < -0.4 is 10.1 Å². The number of alkyl halides is 2. The highest BCUT2D eigenvalue weighted by Gasteiger charge is 2.03. The predicted octanol–water partition coefficient (Wildman–Crippen LogP) is 3.67. The smallest absolute Gasteiger partial charge is 0.387 e. The van der Waals surface area contributed by atoms with Gasteiger partial charge in [-0.25, -0.2) is 0 Å². The Bertz CT molecular complexity index is 335. The molecular formula is C12H15F2NO. The number of anilines is 1. The van der Waals surface area contributed by atoms with E-state index in [1.807, 2.05) is 6.92 Å². The molecule has 0 radical (unpaired) electrons. The summed E-state index contributed by atoms with van der Waals surface area (Å²) in [6.45, 7) is 3.80. The molecule has 88 valence electrons. The van der Waals surface area contributed by atoms with Gasteiger partial charge >= 0.3 is 6.61 Å². The van der Waals surface area contributed by atoms with E-state index < -0.39 is 6.61 Å². The van der Waals surface area contributed by atoms with E-state index in [0.717, 1.165) is 17.7 Å². The monoisotopic (exact) mass is 227 g/mol. The number of benzene rings is 1. The van der Waals surface area contributed by atoms with Crippen LogP contribution in [0.15, 0.2) is 36.4 Å². The number of nitrogens with one attached hydrogen (secondary N) is 1. The quantitative estimate of drug-likeness (QED) is 0.749. The van der Waals surface area contributed by atoms with E-state index in [2.05, 4.69) is 16.6 Å². The average Bonchev–Trinajstić information content (AvgIpc) is 2.27. The van der Waals surface area contributed by atoms with Gasteiger partial charge in [0.25, 0.3) is 0 Å². The second-order valence-corrected chi connectivity index (χ2v) is 3.36. The summed E-state index contributed by atoms with van der Waals surface area (Å²) in [5.41, 5.74) is 1.95. The summed E-state index contributed by atoms with van der Waals surface area (Å²) in [6.07, 6.45) is 0.916. The van der Waals surface area contributed by atoms with Crippen molar-refractivity contribution in [2.24, 2.45) is 0 Å². The Morgan fingerprint density at radius 2 is 2.00 bits per heavy atom. The normalized spacial score (nSPS) is 10.2. The third kappa shape index (κ3) is 4.29. The molecule has 0 aliphatic heterocycles. The predicted molar refractivity (Wildman–Crippen MR) is 61.0 cm³/mol. The molecule has 0 saturated heterocycles. The van der Waals surface area contributed by atoms with E-state index >= 15 is 0 Å². The van der Waals surface area contributed by atoms with Crippen molar-refractivity contribution >= 4 is 5.69 Å². The molecule has 0 atom stereocenters. The van der Waals surface area contributed by atoms with Crippen LogP contribution in [0.25, 0.3) is 0 Å². The van der Waals surface area contributed by atoms with Crippen LogP contribution in [-0.4, -0.2) is 13.2 Å². The van der Waals surface area contributed by atoms with Crippen LogP contribution in [-0.2, 0) is 0 Å². The van der Waals surface area contributed by atoms with Gasteiger partial charge in [0.05, 0.1) is 0 Å². The maximum Gasteiger partial charge on any atom is 0.387 e. The van der Waals surface area contributed by atoms with Crippen molar-refractivity contribution in [2.75, 3.05) is 11.9 Å². The van der Waals surface area contributed by atoms with Gasteiger partial charge in [-0.05, 0) is 30.7 Å². The maximum absolute atomic E-state index is 11.9. The second-order valence-electron chi connectivity index (χ2n) is 3.36. The van der Waals surface area contributed by atoms with Crippen molar-refractivity contribution in [1.82, 2.24) is 0 Å². The highest BCUT2D eigenvalue weighted by atomic mass is 19.3. The summed E-state index contributed by atoms with van der Waals surface area (Å²) < 4.78 is 28.0. The fourth-order valence-electron chi connectivity index (χ4n) is 1.11. The fraction of sp³-hybridized carbons (Fsp3) is 0.333. The van der Waals surface area contributed by atoms with Crippen LogP contribution in [0.4, 0.5) is 14.5 Å². The molecule has 0 fully saturated rings. The molecule has 1 aromatic carbocycles. The van der Waals surface area contributed by atoms with Crippen LogP contribution in [0, 0.1) is 0 Å². The minimum Gasteiger partial charge on any atom is -0.435 e. The van der Waals surface area contributed by atoms with E-state index in [4.69, 9.17) is 0 Å². The first-order valence-electron chi connectivity index (χ1n) is 5.07. The van der Waals surface area contributed by atoms with Crippen LogP contribution in [0.5, 0.6) is 5.75 Å². The summed E-state index contributed by atoms with van der Waals surface area (Å²) in [4.78, 5) is 0. The molecule has 1 rings (SSSR count). The van der Waals surface area contributed by atoms with Gasteiger partial charge in [0.15, 0.2) is 0 Å². The Labute approximate surface area is 93.9 Å². The molecular weight excluding hydrogens is 212 g/mol. The molecule has 0 aromatic heterocycles. The van der Waals surface area contributed by atoms with Gasteiger partial charge in [0, 0.05) is 12.2 Å². The number of hydrogen-bond acceptors (Lipinski definition) is 2. The summed E-state index contributed by atoms with van der Waals surface area (Å²) in [5.74, 6) is 0.162. The molecule has 1 N–H and O–H groups in total. The third-order valence-electron chi connectivity index (χ3n) is 2.12. The van der Waals surface area contributed by atoms with E-state index in [9.17, 15) is 8.78 Å². The number of hydrogen-bond donors (Lipinski definition) is 1. The van der Waals surface area contributed by atoms with Gasteiger partial charge in [-0.15, -0.1) is 0 Å². The highest BCUT2D eigenvalue weighted by Crippen LogP contribution is 2.17. The summed E-state index contributed by atoms with van der Waals surface area (Å²) in [5, 5.41) is 3.13. The minimum atomic E-state index is -2.78. The molecule has 16 heavy (non-hydrogen) atoms. The molecule has 1 aromatic rings. The van der Waals surface area contributed by atoms with Gasteiger partial charge in [-0.3, -0.25) is 0 Å². The minimum absolute atomic E-state index is 0.162. The molecule has 0 spiro atoms. The van der Waals surface area contributed by atoms with Crippen molar-refractivity contribution in [1.29, 1.82) is 0 Å². The van der Waals surface area contributed by atoms with Gasteiger partial charge in [-0.1, -0.05) is 19.1 Å². The third-order valence-corrected chi connectivity index (χ3v) is 2.12. The Morgan fingerprint density at radius 3 is 2.50 bits per heavy atom. The van der Waals surface area contributed by atoms with Crippen molar-refractivity contribution in [3.8, 4) is 5.75 Å². The van der Waals surface area contributed by atoms with Gasteiger partial charge < -0.3 is 10.1 Å². The topological polar surface area (TPSA) is 21.3 Å². The first-order valence-corrected chi connectivity index (χ1v) is 5.07. The second kappa shape index (κ2) is 6.10. The molecule has 0 aliphatic carbocycles. The summed E-state index contributed by atoms with van der Waals surface area (Å²) in [6, 6.07) is 6.40. The van der Waals surface area contributed by atoms with Crippen molar-refractivity contribution in [3.63, 3.8) is 0 Å². The Hall–Kier alpha value is -1.58. The zero-order valence-corrected chi connectivity index (χ0v) is 9.17. The van der Waals surface area contributed by atoms with Gasteiger partial charge in [-0.2, -0.15) is 8.78 Å². The summed E-state index contributed by atoms with van der Waals surface area (Å²) in [7, 11) is 0. The van der Waals surface area contributed by atoms with Crippen molar-refractivity contribution in [3.05, 3.63) is 36.4 Å². The molecule has 0 bridgehead atoms. The molecule has 2 nitrogen and oxygen atoms in total. The lowest BCUT2D eigenvalue weighted by atomic mass is 10.2. The Balaban J connectivity index is 2.48. The lowest BCUT2D eigenvalue weighted by Gasteiger charge is -2.08. The standard InChI is InChI=1S/C12H15F2NO/c1-3-9(2)8-15-10-4-6-11(7-5-10)16-12(13)14/h4-7,12,15H,2-3,8H2,1H3. The largest absolute Gasteiger partial charge is 0.435 e. The van der Waals surface area contributed by atoms with Crippen LogP contribution in [0.3, 0.4) is 0 Å². The first-order chi connectivity index (χ1) is 7.61. The number of halogens is 2. The van der Waals surface area contributed by atoms with Gasteiger partial charge in [0.1, 0.15) is 5.75 Å². The zero-order chi connectivity index (χ0) is 12.0. The van der Waals surface area contributed by atoms with Crippen LogP contribution >= 0.6 is 0 Å². The molecule has 0 unspecified atom stereocenters. The number of ether oxygens (including phenoxy) is 1. The molecule has 0 heterocycles. The van der Waals surface area contributed by atoms with Gasteiger partial charge in [0.2, 0.25) is 0 Å².